The summed E-state index contributed by atoms with van der Waals surface area (Å²) < 4.78 is 0. The normalized spacial score (nSPS) is 28.8. The van der Waals surface area contributed by atoms with Crippen LogP contribution in [-0.2, 0) is 0 Å². The van der Waals surface area contributed by atoms with Crippen LogP contribution in [0.1, 0.15) is 40.5 Å². The van der Waals surface area contributed by atoms with Crippen LogP contribution < -0.4 is 5.32 Å². The van der Waals surface area contributed by atoms with Crippen LogP contribution in [0, 0.1) is 10.8 Å². The van der Waals surface area contributed by atoms with Crippen LogP contribution in [0.5, 0.6) is 0 Å². The molecular formula is C13H26N2. The molecule has 0 radical (unpaired) electrons. The van der Waals surface area contributed by atoms with E-state index in [-0.39, 0.29) is 0 Å². The van der Waals surface area contributed by atoms with Crippen LogP contribution in [0.4, 0.5) is 0 Å². The van der Waals surface area contributed by atoms with Crippen molar-refractivity contribution in [3.63, 3.8) is 0 Å². The fraction of sp³-hybridized carbons (Fsp3) is 1.00. The number of hydrogen-bond acceptors (Lipinski definition) is 2. The second-order valence-corrected chi connectivity index (χ2v) is 6.68. The van der Waals surface area contributed by atoms with Crippen molar-refractivity contribution < 1.29 is 0 Å². The highest BCUT2D eigenvalue weighted by atomic mass is 15.2. The summed E-state index contributed by atoms with van der Waals surface area (Å²) in [5.41, 5.74) is 1.11. The van der Waals surface area contributed by atoms with Gasteiger partial charge in [-0.25, -0.2) is 0 Å². The van der Waals surface area contributed by atoms with Crippen molar-refractivity contribution >= 4 is 0 Å². The minimum atomic E-state index is 0.419. The smallest absolute Gasteiger partial charge is 0.0115 e. The first-order valence-electron chi connectivity index (χ1n) is 6.38. The molecule has 2 nitrogen and oxygen atoms in total. The van der Waals surface area contributed by atoms with Gasteiger partial charge in [0.25, 0.3) is 0 Å². The third-order valence-electron chi connectivity index (χ3n) is 4.66. The van der Waals surface area contributed by atoms with Gasteiger partial charge < -0.3 is 10.2 Å². The van der Waals surface area contributed by atoms with Gasteiger partial charge in [-0.1, -0.05) is 20.8 Å². The molecule has 0 unspecified atom stereocenters. The van der Waals surface area contributed by atoms with Gasteiger partial charge in [0.05, 0.1) is 0 Å². The van der Waals surface area contributed by atoms with Gasteiger partial charge >= 0.3 is 0 Å². The van der Waals surface area contributed by atoms with E-state index in [1.165, 1.54) is 39.0 Å². The maximum Gasteiger partial charge on any atom is 0.0115 e. The Hall–Kier alpha value is -0.0800. The standard InChI is InChI=1S/C13H26N2/c1-11(12(2,3)4)15-7-5-13(6-8-15)9-14-10-13/h11,14H,5-10H2,1-4H3/t11-/m1/s1. The lowest BCUT2D eigenvalue weighted by molar-refractivity contribution is 0.0119. The van der Waals surface area contributed by atoms with E-state index < -0.39 is 0 Å². The molecule has 0 aliphatic carbocycles. The highest BCUT2D eigenvalue weighted by molar-refractivity contribution is 4.97. The van der Waals surface area contributed by atoms with Crippen LogP contribution in [0.15, 0.2) is 0 Å². The average Bonchev–Trinajstić information content (AvgIpc) is 2.13. The molecule has 2 heteroatoms. The predicted molar refractivity (Wildman–Crippen MR) is 65.0 cm³/mol. The molecule has 0 aromatic carbocycles. The van der Waals surface area contributed by atoms with Gasteiger partial charge in [0.2, 0.25) is 0 Å². The van der Waals surface area contributed by atoms with Crippen molar-refractivity contribution in [2.45, 2.75) is 46.6 Å². The summed E-state index contributed by atoms with van der Waals surface area (Å²) in [6.45, 7) is 14.6. The van der Waals surface area contributed by atoms with Gasteiger partial charge in [0.1, 0.15) is 0 Å². The summed E-state index contributed by atoms with van der Waals surface area (Å²) in [6, 6.07) is 0.711. The molecule has 2 rings (SSSR count). The van der Waals surface area contributed by atoms with Gasteiger partial charge in [0, 0.05) is 19.1 Å². The first kappa shape index (κ1) is 11.4. The molecule has 2 aliphatic heterocycles. The lowest BCUT2D eigenvalue weighted by Crippen LogP contribution is -2.59. The molecule has 88 valence electrons. The number of likely N-dealkylation sites (tertiary alicyclic amines) is 1. The van der Waals surface area contributed by atoms with Crippen LogP contribution in [0.25, 0.3) is 0 Å². The number of hydrogen-bond donors (Lipinski definition) is 1. The Labute approximate surface area is 94.4 Å². The summed E-state index contributed by atoms with van der Waals surface area (Å²) >= 11 is 0. The number of rotatable bonds is 1. The van der Waals surface area contributed by atoms with E-state index in [1.54, 1.807) is 0 Å². The van der Waals surface area contributed by atoms with E-state index in [2.05, 4.69) is 37.9 Å². The highest BCUT2D eigenvalue weighted by Gasteiger charge is 2.41. The van der Waals surface area contributed by atoms with E-state index in [9.17, 15) is 0 Å². The Balaban J connectivity index is 1.87. The molecule has 1 spiro atoms. The molecule has 0 aromatic heterocycles. The van der Waals surface area contributed by atoms with Crippen molar-refractivity contribution in [2.75, 3.05) is 26.2 Å². The van der Waals surface area contributed by atoms with E-state index in [4.69, 9.17) is 0 Å². The zero-order chi connectivity index (χ0) is 11.1. The third-order valence-corrected chi connectivity index (χ3v) is 4.66. The molecule has 1 atom stereocenters. The van der Waals surface area contributed by atoms with Gasteiger partial charge in [-0.05, 0) is 43.7 Å². The van der Waals surface area contributed by atoms with Crippen molar-refractivity contribution in [1.82, 2.24) is 10.2 Å². The molecular weight excluding hydrogens is 184 g/mol. The summed E-state index contributed by atoms with van der Waals surface area (Å²) in [6.07, 6.45) is 2.81. The molecule has 0 bridgehead atoms. The minimum absolute atomic E-state index is 0.419. The third kappa shape index (κ3) is 2.21. The largest absolute Gasteiger partial charge is 0.316 e. The fourth-order valence-corrected chi connectivity index (χ4v) is 2.77. The molecule has 2 heterocycles. The summed E-state index contributed by atoms with van der Waals surface area (Å²) in [5.74, 6) is 0. The summed E-state index contributed by atoms with van der Waals surface area (Å²) in [5, 5.41) is 3.43. The molecule has 0 amide bonds. The van der Waals surface area contributed by atoms with Crippen LogP contribution in [0.3, 0.4) is 0 Å². The quantitative estimate of drug-likeness (QED) is 0.713. The predicted octanol–water partition coefficient (Wildman–Crippen LogP) is 2.11. The van der Waals surface area contributed by atoms with Gasteiger partial charge in [-0.3, -0.25) is 0 Å². The Kier molecular flexibility index (Phi) is 2.85. The Morgan fingerprint density at radius 2 is 1.67 bits per heavy atom. The SMILES string of the molecule is C[C@@H](N1CCC2(CC1)CNC2)C(C)(C)C. The lowest BCUT2D eigenvalue weighted by atomic mass is 9.72. The second kappa shape index (κ2) is 3.74. The Morgan fingerprint density at radius 1 is 1.13 bits per heavy atom. The second-order valence-electron chi connectivity index (χ2n) is 6.68. The molecule has 0 saturated carbocycles. The number of piperidine rings is 1. The minimum Gasteiger partial charge on any atom is -0.316 e. The van der Waals surface area contributed by atoms with Crippen LogP contribution >= 0.6 is 0 Å². The maximum atomic E-state index is 3.43. The van der Waals surface area contributed by atoms with Crippen molar-refractivity contribution in [1.29, 1.82) is 0 Å². The van der Waals surface area contributed by atoms with Crippen molar-refractivity contribution in [3.05, 3.63) is 0 Å². The van der Waals surface area contributed by atoms with E-state index in [0.717, 1.165) is 0 Å². The first-order chi connectivity index (χ1) is 6.93. The Bertz CT molecular complexity index is 215. The summed E-state index contributed by atoms with van der Waals surface area (Å²) in [7, 11) is 0. The Morgan fingerprint density at radius 3 is 2.00 bits per heavy atom. The monoisotopic (exact) mass is 210 g/mol. The van der Waals surface area contributed by atoms with Gasteiger partial charge in [0.15, 0.2) is 0 Å². The number of nitrogens with zero attached hydrogens (tertiary/aromatic N) is 1. The number of nitrogens with one attached hydrogen (secondary N) is 1. The highest BCUT2D eigenvalue weighted by Crippen LogP contribution is 2.37. The fourth-order valence-electron chi connectivity index (χ4n) is 2.77. The molecule has 2 aliphatic rings. The van der Waals surface area contributed by atoms with E-state index in [1.807, 2.05) is 0 Å². The lowest BCUT2D eigenvalue weighted by Gasteiger charge is -2.51. The van der Waals surface area contributed by atoms with Gasteiger partial charge in [-0.15, -0.1) is 0 Å². The molecule has 15 heavy (non-hydrogen) atoms. The summed E-state index contributed by atoms with van der Waals surface area (Å²) in [4.78, 5) is 2.68. The van der Waals surface area contributed by atoms with Crippen molar-refractivity contribution in [2.24, 2.45) is 10.8 Å². The average molecular weight is 210 g/mol. The molecule has 2 saturated heterocycles. The van der Waals surface area contributed by atoms with E-state index in [0.29, 0.717) is 16.9 Å². The first-order valence-corrected chi connectivity index (χ1v) is 6.38. The van der Waals surface area contributed by atoms with Crippen molar-refractivity contribution in [3.8, 4) is 0 Å². The zero-order valence-electron chi connectivity index (χ0n) is 10.8. The van der Waals surface area contributed by atoms with Gasteiger partial charge in [-0.2, -0.15) is 0 Å². The molecule has 0 aromatic rings. The van der Waals surface area contributed by atoms with Crippen LogP contribution in [-0.4, -0.2) is 37.1 Å². The van der Waals surface area contributed by atoms with Crippen LogP contribution in [0.2, 0.25) is 0 Å². The maximum absolute atomic E-state index is 3.43. The zero-order valence-corrected chi connectivity index (χ0v) is 10.8. The topological polar surface area (TPSA) is 15.3 Å². The van der Waals surface area contributed by atoms with E-state index >= 15 is 0 Å². The molecule has 2 fully saturated rings. The molecule has 1 N–H and O–H groups in total.